The van der Waals surface area contributed by atoms with Gasteiger partial charge in [-0.1, -0.05) is 38.1 Å². The summed E-state index contributed by atoms with van der Waals surface area (Å²) in [5.41, 5.74) is 2.53. The van der Waals surface area contributed by atoms with E-state index in [1.54, 1.807) is 13.0 Å². The molecule has 0 aromatic heterocycles. The Balaban J connectivity index is 3.01. The fourth-order valence-electron chi connectivity index (χ4n) is 1.32. The van der Waals surface area contributed by atoms with Crippen LogP contribution < -0.4 is 0 Å². The van der Waals surface area contributed by atoms with Gasteiger partial charge in [0.25, 0.3) is 0 Å². The third kappa shape index (κ3) is 3.24. The van der Waals surface area contributed by atoms with Crippen molar-refractivity contribution in [2.24, 2.45) is 0 Å². The number of rotatable bonds is 3. The molecule has 0 unspecified atom stereocenters. The molecule has 0 bridgehead atoms. The molecule has 1 N–H and O–H groups in total. The average Bonchev–Trinajstić information content (AvgIpc) is 2.18. The molecule has 1 rings (SSSR count). The van der Waals surface area contributed by atoms with Crippen molar-refractivity contribution in [1.29, 1.82) is 0 Å². The highest BCUT2D eigenvalue weighted by molar-refractivity contribution is 5.91. The van der Waals surface area contributed by atoms with Crippen molar-refractivity contribution in [3.05, 3.63) is 41.0 Å². The Hall–Kier alpha value is -1.57. The second kappa shape index (κ2) is 4.78. The summed E-state index contributed by atoms with van der Waals surface area (Å²) in [6.45, 7) is 5.84. The summed E-state index contributed by atoms with van der Waals surface area (Å²) in [6.07, 6.45) is 1.69. The van der Waals surface area contributed by atoms with Crippen LogP contribution in [0.3, 0.4) is 0 Å². The molecule has 0 aliphatic carbocycles. The number of carbonyl (C=O) groups is 1. The van der Waals surface area contributed by atoms with Crippen LogP contribution in [0, 0.1) is 0 Å². The summed E-state index contributed by atoms with van der Waals surface area (Å²) in [5.74, 6) is -0.409. The second-order valence-corrected chi connectivity index (χ2v) is 3.96. The predicted molar refractivity (Wildman–Crippen MR) is 61.8 cm³/mol. The molecule has 0 atom stereocenters. The minimum Gasteiger partial charge on any atom is -0.478 e. The van der Waals surface area contributed by atoms with E-state index in [9.17, 15) is 4.79 Å². The summed E-state index contributed by atoms with van der Waals surface area (Å²) in [7, 11) is 0. The van der Waals surface area contributed by atoms with Gasteiger partial charge >= 0.3 is 5.97 Å². The molecule has 2 heteroatoms. The van der Waals surface area contributed by atoms with E-state index in [0.717, 1.165) is 5.56 Å². The van der Waals surface area contributed by atoms with E-state index in [0.29, 0.717) is 11.5 Å². The van der Waals surface area contributed by atoms with E-state index >= 15 is 0 Å². The van der Waals surface area contributed by atoms with Gasteiger partial charge in [0.15, 0.2) is 0 Å². The van der Waals surface area contributed by atoms with Gasteiger partial charge < -0.3 is 5.11 Å². The van der Waals surface area contributed by atoms with E-state index in [-0.39, 0.29) is 0 Å². The van der Waals surface area contributed by atoms with Crippen LogP contribution in [0.25, 0.3) is 6.08 Å². The molecule has 0 heterocycles. The van der Waals surface area contributed by atoms with Gasteiger partial charge in [-0.25, -0.2) is 4.79 Å². The first-order valence-corrected chi connectivity index (χ1v) is 5.02. The molecule has 2 nitrogen and oxygen atoms in total. The van der Waals surface area contributed by atoms with Crippen LogP contribution in [-0.4, -0.2) is 11.1 Å². The Morgan fingerprint density at radius 2 is 2.07 bits per heavy atom. The first kappa shape index (κ1) is 11.5. The van der Waals surface area contributed by atoms with Gasteiger partial charge in [0.2, 0.25) is 0 Å². The van der Waals surface area contributed by atoms with Crippen molar-refractivity contribution in [1.82, 2.24) is 0 Å². The van der Waals surface area contributed by atoms with Crippen LogP contribution in [0.1, 0.15) is 37.8 Å². The highest BCUT2D eigenvalue weighted by Crippen LogP contribution is 2.17. The Morgan fingerprint density at radius 1 is 1.40 bits per heavy atom. The molecular formula is C13H16O2. The highest BCUT2D eigenvalue weighted by atomic mass is 16.4. The normalized spacial score (nSPS) is 11.9. The highest BCUT2D eigenvalue weighted by Gasteiger charge is 2.02. The summed E-state index contributed by atoms with van der Waals surface area (Å²) in [4.78, 5) is 10.7. The van der Waals surface area contributed by atoms with Crippen molar-refractivity contribution in [3.63, 3.8) is 0 Å². The third-order valence-corrected chi connectivity index (χ3v) is 2.30. The summed E-state index contributed by atoms with van der Waals surface area (Å²) >= 11 is 0. The van der Waals surface area contributed by atoms with E-state index in [2.05, 4.69) is 19.9 Å². The van der Waals surface area contributed by atoms with Crippen LogP contribution in [0.15, 0.2) is 29.8 Å². The zero-order valence-electron chi connectivity index (χ0n) is 9.32. The molecule has 80 valence electrons. The van der Waals surface area contributed by atoms with Crippen LogP contribution in [0.2, 0.25) is 0 Å². The first-order chi connectivity index (χ1) is 7.00. The van der Waals surface area contributed by atoms with Crippen LogP contribution in [0.5, 0.6) is 0 Å². The molecule has 0 aliphatic rings. The Kier molecular flexibility index (Phi) is 3.67. The minimum absolute atomic E-state index is 0.357. The van der Waals surface area contributed by atoms with Crippen molar-refractivity contribution in [2.75, 3.05) is 0 Å². The summed E-state index contributed by atoms with van der Waals surface area (Å²) < 4.78 is 0. The predicted octanol–water partition coefficient (Wildman–Crippen LogP) is 3.30. The number of carboxylic acids is 1. The van der Waals surface area contributed by atoms with E-state index < -0.39 is 5.97 Å². The van der Waals surface area contributed by atoms with Crippen molar-refractivity contribution in [3.8, 4) is 0 Å². The standard InChI is InChI=1S/C13H16O2/c1-9(2)12-6-4-5-11(8-12)7-10(3)13(14)15/h4-9H,1-3H3,(H,14,15). The monoisotopic (exact) mass is 204 g/mol. The number of carboxylic acid groups (broad SMARTS) is 1. The SMILES string of the molecule is CC(=Cc1cccc(C(C)C)c1)C(=O)O. The number of aliphatic carboxylic acids is 1. The molecule has 0 amide bonds. The first-order valence-electron chi connectivity index (χ1n) is 5.02. The molecule has 0 saturated heterocycles. The number of hydrogen-bond acceptors (Lipinski definition) is 1. The Labute approximate surface area is 90.3 Å². The molecule has 0 fully saturated rings. The van der Waals surface area contributed by atoms with Gasteiger partial charge in [0, 0.05) is 5.57 Å². The van der Waals surface area contributed by atoms with Crippen LogP contribution in [0.4, 0.5) is 0 Å². The number of hydrogen-bond donors (Lipinski definition) is 1. The molecule has 0 aliphatic heterocycles. The lowest BCUT2D eigenvalue weighted by molar-refractivity contribution is -0.132. The van der Waals surface area contributed by atoms with Crippen molar-refractivity contribution < 1.29 is 9.90 Å². The van der Waals surface area contributed by atoms with E-state index in [1.807, 2.05) is 18.2 Å². The largest absolute Gasteiger partial charge is 0.478 e. The molecule has 0 radical (unpaired) electrons. The zero-order chi connectivity index (χ0) is 11.4. The van der Waals surface area contributed by atoms with Crippen LogP contribution >= 0.6 is 0 Å². The van der Waals surface area contributed by atoms with Gasteiger partial charge in [-0.15, -0.1) is 0 Å². The van der Waals surface area contributed by atoms with E-state index in [1.165, 1.54) is 5.56 Å². The maximum atomic E-state index is 10.7. The second-order valence-electron chi connectivity index (χ2n) is 3.96. The maximum absolute atomic E-state index is 10.7. The molecule has 1 aromatic rings. The minimum atomic E-state index is -0.870. The number of benzene rings is 1. The van der Waals surface area contributed by atoms with Crippen LogP contribution in [-0.2, 0) is 4.79 Å². The Bertz CT molecular complexity index is 389. The molecule has 1 aromatic carbocycles. The zero-order valence-corrected chi connectivity index (χ0v) is 9.32. The lowest BCUT2D eigenvalue weighted by Crippen LogP contribution is -1.95. The van der Waals surface area contributed by atoms with Gasteiger partial charge in [-0.2, -0.15) is 0 Å². The molecule has 0 saturated carbocycles. The fourth-order valence-corrected chi connectivity index (χ4v) is 1.32. The molecular weight excluding hydrogens is 188 g/mol. The van der Waals surface area contributed by atoms with E-state index in [4.69, 9.17) is 5.11 Å². The topological polar surface area (TPSA) is 37.3 Å². The summed E-state index contributed by atoms with van der Waals surface area (Å²) in [6, 6.07) is 7.95. The lowest BCUT2D eigenvalue weighted by atomic mass is 10.0. The fraction of sp³-hybridized carbons (Fsp3) is 0.308. The Morgan fingerprint density at radius 3 is 2.60 bits per heavy atom. The maximum Gasteiger partial charge on any atom is 0.331 e. The average molecular weight is 204 g/mol. The summed E-state index contributed by atoms with van der Waals surface area (Å²) in [5, 5.41) is 8.75. The molecule has 0 spiro atoms. The van der Waals surface area contributed by atoms with Gasteiger partial charge in [-0.3, -0.25) is 0 Å². The van der Waals surface area contributed by atoms with Gasteiger partial charge in [-0.05, 0) is 30.0 Å². The van der Waals surface area contributed by atoms with Gasteiger partial charge in [0.05, 0.1) is 0 Å². The smallest absolute Gasteiger partial charge is 0.331 e. The third-order valence-electron chi connectivity index (χ3n) is 2.30. The van der Waals surface area contributed by atoms with Crippen molar-refractivity contribution in [2.45, 2.75) is 26.7 Å². The van der Waals surface area contributed by atoms with Gasteiger partial charge in [0.1, 0.15) is 0 Å². The lowest BCUT2D eigenvalue weighted by Gasteiger charge is -2.05. The quantitative estimate of drug-likeness (QED) is 0.767. The van der Waals surface area contributed by atoms with Crippen molar-refractivity contribution >= 4 is 12.0 Å². The molecule has 15 heavy (non-hydrogen) atoms.